The number of para-hydroxylation sites is 2. The fourth-order valence-electron chi connectivity index (χ4n) is 3.70. The van der Waals surface area contributed by atoms with Crippen molar-refractivity contribution in [3.05, 3.63) is 82.9 Å². The topological polar surface area (TPSA) is 74.7 Å². The van der Waals surface area contributed by atoms with Gasteiger partial charge in [0.1, 0.15) is 5.75 Å². The van der Waals surface area contributed by atoms with Gasteiger partial charge in [-0.2, -0.15) is 0 Å². The van der Waals surface area contributed by atoms with Gasteiger partial charge >= 0.3 is 11.9 Å². The second kappa shape index (κ2) is 8.53. The first-order valence-corrected chi connectivity index (χ1v) is 9.74. The molecule has 1 aromatic heterocycles. The molecule has 3 aromatic carbocycles. The Morgan fingerprint density at radius 3 is 2.06 bits per heavy atom. The first kappa shape index (κ1) is 20.5. The maximum Gasteiger partial charge on any atom is 0.344 e. The first-order chi connectivity index (χ1) is 15.0. The lowest BCUT2D eigenvalue weighted by atomic mass is 10.0. The number of carbonyl (C=O) groups excluding carboxylic acids is 2. The monoisotopic (exact) mass is 415 g/mol. The van der Waals surface area contributed by atoms with Crippen molar-refractivity contribution in [3.8, 4) is 5.75 Å². The van der Waals surface area contributed by atoms with Gasteiger partial charge in [0.2, 0.25) is 0 Å². The minimum absolute atomic E-state index is 0.173. The zero-order chi connectivity index (χ0) is 22.0. The molecule has 0 spiro atoms. The van der Waals surface area contributed by atoms with Crippen LogP contribution in [0.15, 0.2) is 60.7 Å². The van der Waals surface area contributed by atoms with Crippen molar-refractivity contribution in [2.45, 2.75) is 13.5 Å². The molecule has 0 bridgehead atoms. The van der Waals surface area contributed by atoms with Gasteiger partial charge in [-0.15, -0.1) is 0 Å². The van der Waals surface area contributed by atoms with Gasteiger partial charge in [0, 0.05) is 23.4 Å². The molecule has 4 aromatic rings. The molecule has 156 valence electrons. The average Bonchev–Trinajstić information content (AvgIpc) is 2.78. The Balaban J connectivity index is 1.85. The largest absolute Gasteiger partial charge is 0.465 e. The summed E-state index contributed by atoms with van der Waals surface area (Å²) in [5, 5.41) is 1.42. The van der Waals surface area contributed by atoms with Crippen LogP contribution in [-0.2, 0) is 16.1 Å². The van der Waals surface area contributed by atoms with Crippen molar-refractivity contribution in [2.24, 2.45) is 0 Å². The lowest BCUT2D eigenvalue weighted by Crippen LogP contribution is -2.14. The van der Waals surface area contributed by atoms with Gasteiger partial charge in [-0.3, -0.25) is 0 Å². The van der Waals surface area contributed by atoms with E-state index in [0.29, 0.717) is 49.8 Å². The van der Waals surface area contributed by atoms with Gasteiger partial charge in [0.15, 0.2) is 0 Å². The third-order valence-electron chi connectivity index (χ3n) is 5.06. The minimum Gasteiger partial charge on any atom is -0.465 e. The first-order valence-electron chi connectivity index (χ1n) is 9.74. The van der Waals surface area contributed by atoms with Crippen molar-refractivity contribution in [2.75, 3.05) is 14.2 Å². The Morgan fingerprint density at radius 1 is 0.871 bits per heavy atom. The third-order valence-corrected chi connectivity index (χ3v) is 5.06. The molecule has 0 aliphatic carbocycles. The molecule has 0 radical (unpaired) electrons. The smallest absolute Gasteiger partial charge is 0.344 e. The number of fused-ring (bicyclic) bond motifs is 2. The summed E-state index contributed by atoms with van der Waals surface area (Å²) in [6.07, 6.45) is 0. The molecule has 31 heavy (non-hydrogen) atoms. The number of benzene rings is 3. The van der Waals surface area contributed by atoms with Crippen molar-refractivity contribution in [1.82, 2.24) is 4.98 Å². The van der Waals surface area contributed by atoms with Crippen LogP contribution >= 0.6 is 0 Å². The quantitative estimate of drug-likeness (QED) is 0.264. The predicted octanol–water partition coefficient (Wildman–Crippen LogP) is 4.85. The number of hydrogen-bond acceptors (Lipinski definition) is 6. The Morgan fingerprint density at radius 2 is 1.48 bits per heavy atom. The zero-order valence-electron chi connectivity index (χ0n) is 17.5. The van der Waals surface area contributed by atoms with Crippen LogP contribution in [0, 0.1) is 6.92 Å². The lowest BCUT2D eigenvalue weighted by Gasteiger charge is -2.16. The van der Waals surface area contributed by atoms with Crippen LogP contribution in [0.5, 0.6) is 5.75 Å². The molecule has 6 nitrogen and oxygen atoms in total. The standard InChI is InChI=1S/C25H21NO5/c1-15-12-16(24(27)30-3)13-17(14-29-2)23(15)31-25(28)22-18-8-4-6-10-20(18)26-21-11-7-5-9-19(21)22/h4-13H,14H2,1-3H3. The molecule has 0 aliphatic heterocycles. The van der Waals surface area contributed by atoms with Crippen LogP contribution < -0.4 is 4.74 Å². The highest BCUT2D eigenvalue weighted by molar-refractivity contribution is 6.14. The molecule has 1 heterocycles. The van der Waals surface area contributed by atoms with Gasteiger partial charge in [-0.05, 0) is 36.8 Å². The molecule has 4 rings (SSSR count). The number of methoxy groups -OCH3 is 2. The van der Waals surface area contributed by atoms with E-state index >= 15 is 0 Å². The Hall–Kier alpha value is -3.77. The summed E-state index contributed by atoms with van der Waals surface area (Å²) in [5.74, 6) is -0.602. The normalized spacial score (nSPS) is 10.9. The summed E-state index contributed by atoms with van der Waals surface area (Å²) < 4.78 is 16.0. The van der Waals surface area contributed by atoms with Crippen LogP contribution in [0.2, 0.25) is 0 Å². The molecule has 0 unspecified atom stereocenters. The third kappa shape index (κ3) is 3.85. The highest BCUT2D eigenvalue weighted by Crippen LogP contribution is 2.31. The number of pyridine rings is 1. The van der Waals surface area contributed by atoms with Gasteiger partial charge in [0.25, 0.3) is 0 Å². The van der Waals surface area contributed by atoms with E-state index in [9.17, 15) is 9.59 Å². The van der Waals surface area contributed by atoms with Crippen molar-refractivity contribution < 1.29 is 23.8 Å². The maximum absolute atomic E-state index is 13.4. The molecule has 0 saturated heterocycles. The summed E-state index contributed by atoms with van der Waals surface area (Å²) >= 11 is 0. The molecule has 6 heteroatoms. The number of rotatable bonds is 5. The Labute approximate surface area is 179 Å². The number of aryl methyl sites for hydroxylation is 1. The molecular weight excluding hydrogens is 394 g/mol. The van der Waals surface area contributed by atoms with Crippen LogP contribution in [0.1, 0.15) is 31.8 Å². The number of nitrogens with zero attached hydrogens (tertiary/aromatic N) is 1. The average molecular weight is 415 g/mol. The minimum atomic E-state index is -0.499. The van der Waals surface area contributed by atoms with Gasteiger partial charge in [0.05, 0.1) is 35.9 Å². The Bertz CT molecular complexity index is 1260. The molecule has 0 atom stereocenters. The maximum atomic E-state index is 13.4. The molecule has 0 saturated carbocycles. The summed E-state index contributed by atoms with van der Waals surface area (Å²) in [5.41, 5.74) is 3.45. The number of hydrogen-bond donors (Lipinski definition) is 0. The summed E-state index contributed by atoms with van der Waals surface area (Å²) in [6, 6.07) is 18.2. The molecule has 0 amide bonds. The summed E-state index contributed by atoms with van der Waals surface area (Å²) in [4.78, 5) is 30.1. The van der Waals surface area contributed by atoms with Crippen molar-refractivity contribution in [3.63, 3.8) is 0 Å². The van der Waals surface area contributed by atoms with Crippen LogP contribution in [0.4, 0.5) is 0 Å². The van der Waals surface area contributed by atoms with Crippen molar-refractivity contribution >= 4 is 33.7 Å². The zero-order valence-corrected chi connectivity index (χ0v) is 17.5. The highest BCUT2D eigenvalue weighted by Gasteiger charge is 2.21. The number of esters is 2. The lowest BCUT2D eigenvalue weighted by molar-refractivity contribution is 0.0600. The molecule has 0 aliphatic rings. The molecule has 0 fully saturated rings. The number of carbonyl (C=O) groups is 2. The van der Waals surface area contributed by atoms with Gasteiger partial charge in [-0.1, -0.05) is 36.4 Å². The Kier molecular flexibility index (Phi) is 5.64. The van der Waals surface area contributed by atoms with E-state index in [-0.39, 0.29) is 6.61 Å². The van der Waals surface area contributed by atoms with E-state index in [1.165, 1.54) is 14.2 Å². The van der Waals surface area contributed by atoms with Crippen LogP contribution in [0.3, 0.4) is 0 Å². The van der Waals surface area contributed by atoms with Crippen LogP contribution in [-0.4, -0.2) is 31.1 Å². The summed E-state index contributed by atoms with van der Waals surface area (Å²) in [6.45, 7) is 1.95. The van der Waals surface area contributed by atoms with E-state index in [0.717, 1.165) is 0 Å². The number of ether oxygens (including phenoxy) is 3. The van der Waals surface area contributed by atoms with E-state index in [2.05, 4.69) is 4.98 Å². The van der Waals surface area contributed by atoms with Crippen molar-refractivity contribution in [1.29, 1.82) is 0 Å². The second-order valence-electron chi connectivity index (χ2n) is 7.12. The van der Waals surface area contributed by atoms with E-state index in [4.69, 9.17) is 14.2 Å². The van der Waals surface area contributed by atoms with Crippen LogP contribution in [0.25, 0.3) is 21.8 Å². The van der Waals surface area contributed by atoms with E-state index in [1.807, 2.05) is 48.5 Å². The van der Waals surface area contributed by atoms with E-state index in [1.54, 1.807) is 19.1 Å². The van der Waals surface area contributed by atoms with Gasteiger partial charge < -0.3 is 14.2 Å². The second-order valence-corrected chi connectivity index (χ2v) is 7.12. The number of aromatic nitrogens is 1. The van der Waals surface area contributed by atoms with Gasteiger partial charge in [-0.25, -0.2) is 14.6 Å². The predicted molar refractivity (Wildman–Crippen MR) is 117 cm³/mol. The SMILES string of the molecule is COCc1cc(C(=O)OC)cc(C)c1OC(=O)c1c2ccccc2nc2ccccc12. The fraction of sp³-hybridized carbons (Fsp3) is 0.160. The highest BCUT2D eigenvalue weighted by atomic mass is 16.5. The summed E-state index contributed by atoms with van der Waals surface area (Å²) in [7, 11) is 2.86. The molecule has 0 N–H and O–H groups in total. The molecular formula is C25H21NO5. The fourth-order valence-corrected chi connectivity index (χ4v) is 3.70. The van der Waals surface area contributed by atoms with E-state index < -0.39 is 11.9 Å².